The van der Waals surface area contributed by atoms with Crippen LogP contribution in [-0.4, -0.2) is 31.6 Å². The molecule has 19 heavy (non-hydrogen) atoms. The van der Waals surface area contributed by atoms with E-state index in [2.05, 4.69) is 10.9 Å². The zero-order valence-electron chi connectivity index (χ0n) is 10.8. The number of hydrogen-bond acceptors (Lipinski definition) is 5. The predicted octanol–water partition coefficient (Wildman–Crippen LogP) is -0.431. The summed E-state index contributed by atoms with van der Waals surface area (Å²) in [7, 11) is 1.56. The molecule has 1 aromatic rings. The molecule has 0 fully saturated rings. The van der Waals surface area contributed by atoms with Gasteiger partial charge in [-0.05, 0) is 31.2 Å². The van der Waals surface area contributed by atoms with Crippen LogP contribution in [0.2, 0.25) is 0 Å². The third kappa shape index (κ3) is 5.26. The van der Waals surface area contributed by atoms with Crippen molar-refractivity contribution in [3.63, 3.8) is 0 Å². The minimum atomic E-state index is -0.692. The second kappa shape index (κ2) is 7.22. The number of carbonyl (C=O) groups is 2. The molecule has 2 amide bonds. The number of nitrogens with two attached hydrogens (primary N) is 1. The first-order valence-corrected chi connectivity index (χ1v) is 5.64. The quantitative estimate of drug-likeness (QED) is 0.628. The molecule has 0 aliphatic carbocycles. The summed E-state index contributed by atoms with van der Waals surface area (Å²) in [5.74, 6) is 0.262. The molecular formula is C12H17N3O4. The van der Waals surface area contributed by atoms with Gasteiger partial charge in [-0.2, -0.15) is 0 Å². The lowest BCUT2D eigenvalue weighted by Crippen LogP contribution is -2.49. The Bertz CT molecular complexity index is 431. The van der Waals surface area contributed by atoms with Crippen molar-refractivity contribution in [3.8, 4) is 11.5 Å². The molecule has 0 saturated carbocycles. The van der Waals surface area contributed by atoms with Crippen molar-refractivity contribution < 1.29 is 19.1 Å². The highest BCUT2D eigenvalue weighted by Crippen LogP contribution is 2.16. The number of carbonyl (C=O) groups excluding carboxylic acids is 2. The largest absolute Gasteiger partial charge is 0.497 e. The van der Waals surface area contributed by atoms with Gasteiger partial charge in [0.15, 0.2) is 6.61 Å². The third-order valence-electron chi connectivity index (χ3n) is 2.17. The van der Waals surface area contributed by atoms with Crippen molar-refractivity contribution in [2.75, 3.05) is 13.7 Å². The number of ether oxygens (including phenoxy) is 2. The maximum atomic E-state index is 11.4. The molecule has 1 atom stereocenters. The standard InChI is InChI=1S/C12H17N3O4/c1-8(13)12(17)15-14-11(16)7-19-10-5-3-9(18-2)4-6-10/h3-6,8H,7,13H2,1-2H3,(H,14,16)(H,15,17). The topological polar surface area (TPSA) is 103 Å². The van der Waals surface area contributed by atoms with E-state index >= 15 is 0 Å². The zero-order valence-corrected chi connectivity index (χ0v) is 10.8. The van der Waals surface area contributed by atoms with E-state index in [4.69, 9.17) is 15.2 Å². The van der Waals surface area contributed by atoms with E-state index in [1.54, 1.807) is 31.4 Å². The van der Waals surface area contributed by atoms with Crippen LogP contribution in [0.25, 0.3) is 0 Å². The van der Waals surface area contributed by atoms with Gasteiger partial charge in [0.25, 0.3) is 11.8 Å². The number of methoxy groups -OCH3 is 1. The molecule has 7 nitrogen and oxygen atoms in total. The Kier molecular flexibility index (Phi) is 5.62. The lowest BCUT2D eigenvalue weighted by atomic mass is 10.3. The van der Waals surface area contributed by atoms with Crippen molar-refractivity contribution in [3.05, 3.63) is 24.3 Å². The van der Waals surface area contributed by atoms with E-state index in [1.165, 1.54) is 6.92 Å². The first kappa shape index (κ1) is 14.8. The van der Waals surface area contributed by atoms with Gasteiger partial charge in [-0.15, -0.1) is 0 Å². The normalized spacial score (nSPS) is 11.3. The lowest BCUT2D eigenvalue weighted by Gasteiger charge is -2.10. The van der Waals surface area contributed by atoms with Crippen LogP contribution in [0.15, 0.2) is 24.3 Å². The Labute approximate surface area is 111 Å². The third-order valence-corrected chi connectivity index (χ3v) is 2.17. The number of hydrogen-bond donors (Lipinski definition) is 3. The summed E-state index contributed by atoms with van der Waals surface area (Å²) in [5.41, 5.74) is 9.67. The second-order valence-corrected chi connectivity index (χ2v) is 3.79. The van der Waals surface area contributed by atoms with Gasteiger partial charge < -0.3 is 15.2 Å². The first-order valence-electron chi connectivity index (χ1n) is 5.64. The van der Waals surface area contributed by atoms with Crippen LogP contribution in [0.5, 0.6) is 11.5 Å². The molecule has 0 aliphatic heterocycles. The second-order valence-electron chi connectivity index (χ2n) is 3.79. The maximum absolute atomic E-state index is 11.4. The molecule has 1 aromatic carbocycles. The molecule has 1 unspecified atom stereocenters. The fourth-order valence-electron chi connectivity index (χ4n) is 1.10. The van der Waals surface area contributed by atoms with Gasteiger partial charge >= 0.3 is 0 Å². The average molecular weight is 267 g/mol. The van der Waals surface area contributed by atoms with E-state index in [0.717, 1.165) is 0 Å². The van der Waals surface area contributed by atoms with Gasteiger partial charge in [0.1, 0.15) is 11.5 Å². The summed E-state index contributed by atoms with van der Waals surface area (Å²) >= 11 is 0. The molecule has 7 heteroatoms. The van der Waals surface area contributed by atoms with Crippen molar-refractivity contribution >= 4 is 11.8 Å². The van der Waals surface area contributed by atoms with Gasteiger partial charge in [0.2, 0.25) is 0 Å². The molecule has 104 valence electrons. The van der Waals surface area contributed by atoms with Crippen LogP contribution in [0, 0.1) is 0 Å². The van der Waals surface area contributed by atoms with Gasteiger partial charge in [-0.25, -0.2) is 0 Å². The van der Waals surface area contributed by atoms with Crippen LogP contribution in [0.1, 0.15) is 6.92 Å². The van der Waals surface area contributed by atoms with Crippen LogP contribution < -0.4 is 26.1 Å². The monoisotopic (exact) mass is 267 g/mol. The molecule has 4 N–H and O–H groups in total. The maximum Gasteiger partial charge on any atom is 0.276 e. The minimum Gasteiger partial charge on any atom is -0.497 e. The van der Waals surface area contributed by atoms with E-state index in [0.29, 0.717) is 11.5 Å². The van der Waals surface area contributed by atoms with Gasteiger partial charge in [-0.1, -0.05) is 0 Å². The van der Waals surface area contributed by atoms with Crippen LogP contribution in [0.4, 0.5) is 0 Å². The molecule has 0 bridgehead atoms. The van der Waals surface area contributed by atoms with Crippen molar-refractivity contribution in [1.82, 2.24) is 10.9 Å². The Hall–Kier alpha value is -2.28. The predicted molar refractivity (Wildman–Crippen MR) is 68.4 cm³/mol. The van der Waals surface area contributed by atoms with Crippen molar-refractivity contribution in [2.24, 2.45) is 5.73 Å². The van der Waals surface area contributed by atoms with E-state index in [1.807, 2.05) is 0 Å². The molecule has 0 saturated heterocycles. The number of amides is 2. The molecule has 0 aliphatic rings. The molecule has 0 spiro atoms. The van der Waals surface area contributed by atoms with E-state index < -0.39 is 17.9 Å². The summed E-state index contributed by atoms with van der Waals surface area (Å²) in [5, 5.41) is 0. The number of rotatable bonds is 5. The zero-order chi connectivity index (χ0) is 14.3. The van der Waals surface area contributed by atoms with Crippen molar-refractivity contribution in [2.45, 2.75) is 13.0 Å². The smallest absolute Gasteiger partial charge is 0.276 e. The van der Waals surface area contributed by atoms with Gasteiger partial charge in [-0.3, -0.25) is 20.4 Å². The number of hydrazine groups is 1. The lowest BCUT2D eigenvalue weighted by molar-refractivity contribution is -0.130. The Morgan fingerprint density at radius 1 is 1.21 bits per heavy atom. The Morgan fingerprint density at radius 3 is 2.32 bits per heavy atom. The average Bonchev–Trinajstić information content (AvgIpc) is 2.42. The fourth-order valence-corrected chi connectivity index (χ4v) is 1.10. The molecule has 0 aromatic heterocycles. The van der Waals surface area contributed by atoms with Crippen molar-refractivity contribution in [1.29, 1.82) is 0 Å². The van der Waals surface area contributed by atoms with E-state index in [9.17, 15) is 9.59 Å². The van der Waals surface area contributed by atoms with E-state index in [-0.39, 0.29) is 6.61 Å². The SMILES string of the molecule is COc1ccc(OCC(=O)NNC(=O)C(C)N)cc1. The summed E-state index contributed by atoms with van der Waals surface area (Å²) < 4.78 is 10.2. The first-order chi connectivity index (χ1) is 9.02. The highest BCUT2D eigenvalue weighted by Gasteiger charge is 2.08. The van der Waals surface area contributed by atoms with Crippen LogP contribution in [0.3, 0.4) is 0 Å². The molecular weight excluding hydrogens is 250 g/mol. The van der Waals surface area contributed by atoms with Gasteiger partial charge in [0.05, 0.1) is 13.2 Å². The number of benzene rings is 1. The summed E-state index contributed by atoms with van der Waals surface area (Å²) in [4.78, 5) is 22.4. The summed E-state index contributed by atoms with van der Waals surface area (Å²) in [6.07, 6.45) is 0. The molecule has 0 heterocycles. The molecule has 1 rings (SSSR count). The van der Waals surface area contributed by atoms with Crippen LogP contribution >= 0.6 is 0 Å². The Morgan fingerprint density at radius 2 is 1.79 bits per heavy atom. The fraction of sp³-hybridized carbons (Fsp3) is 0.333. The highest BCUT2D eigenvalue weighted by atomic mass is 16.5. The molecule has 0 radical (unpaired) electrons. The summed E-state index contributed by atoms with van der Waals surface area (Å²) in [6, 6.07) is 6.08. The van der Waals surface area contributed by atoms with Crippen LogP contribution in [-0.2, 0) is 9.59 Å². The summed E-state index contributed by atoms with van der Waals surface area (Å²) in [6.45, 7) is 1.29. The number of nitrogens with one attached hydrogen (secondary N) is 2. The Balaban J connectivity index is 2.31. The van der Waals surface area contributed by atoms with Gasteiger partial charge in [0, 0.05) is 0 Å². The minimum absolute atomic E-state index is 0.217. The highest BCUT2D eigenvalue weighted by molar-refractivity contribution is 5.85.